The van der Waals surface area contributed by atoms with Crippen molar-refractivity contribution in [3.05, 3.63) is 34.9 Å². The van der Waals surface area contributed by atoms with E-state index in [1.807, 2.05) is 12.1 Å². The minimum absolute atomic E-state index is 0.391. The molecule has 1 aromatic rings. The monoisotopic (exact) mass is 211 g/mol. The number of halogens is 1. The Labute approximate surface area is 91.5 Å². The molecule has 2 atom stereocenters. The van der Waals surface area contributed by atoms with Crippen LogP contribution >= 0.6 is 11.6 Å². The minimum atomic E-state index is 0.391. The van der Waals surface area contributed by atoms with Crippen LogP contribution < -0.4 is 5.32 Å². The summed E-state index contributed by atoms with van der Waals surface area (Å²) in [5.41, 5.74) is 1.29. The molecular weight excluding hydrogens is 194 g/mol. The van der Waals surface area contributed by atoms with E-state index >= 15 is 0 Å². The van der Waals surface area contributed by atoms with Crippen molar-refractivity contribution in [2.45, 2.75) is 39.3 Å². The van der Waals surface area contributed by atoms with Gasteiger partial charge in [-0.05, 0) is 38.0 Å². The Kier molecular flexibility index (Phi) is 4.43. The minimum Gasteiger partial charge on any atom is -0.308 e. The molecule has 0 saturated carbocycles. The molecule has 0 aliphatic carbocycles. The lowest BCUT2D eigenvalue weighted by atomic mass is 10.1. The second-order valence-electron chi connectivity index (χ2n) is 3.75. The van der Waals surface area contributed by atoms with Crippen LogP contribution in [0, 0.1) is 0 Å². The Morgan fingerprint density at radius 1 is 1.21 bits per heavy atom. The highest BCUT2D eigenvalue weighted by Gasteiger charge is 2.07. The van der Waals surface area contributed by atoms with E-state index in [1.54, 1.807) is 0 Å². The summed E-state index contributed by atoms with van der Waals surface area (Å²) in [5, 5.41) is 4.32. The molecule has 2 unspecified atom stereocenters. The quantitative estimate of drug-likeness (QED) is 0.799. The van der Waals surface area contributed by atoms with Gasteiger partial charge in [0.2, 0.25) is 0 Å². The second-order valence-corrected chi connectivity index (χ2v) is 4.19. The van der Waals surface area contributed by atoms with Crippen LogP contribution in [0.1, 0.15) is 38.8 Å². The number of benzene rings is 1. The van der Waals surface area contributed by atoms with Crippen LogP contribution in [0.25, 0.3) is 0 Å². The fourth-order valence-corrected chi connectivity index (χ4v) is 1.52. The van der Waals surface area contributed by atoms with Crippen molar-refractivity contribution in [3.8, 4) is 0 Å². The zero-order chi connectivity index (χ0) is 10.6. The lowest BCUT2D eigenvalue weighted by Gasteiger charge is -2.19. The van der Waals surface area contributed by atoms with Crippen LogP contribution in [0.3, 0.4) is 0 Å². The van der Waals surface area contributed by atoms with Gasteiger partial charge in [-0.3, -0.25) is 0 Å². The van der Waals surface area contributed by atoms with Crippen molar-refractivity contribution in [2.24, 2.45) is 0 Å². The first kappa shape index (κ1) is 11.5. The van der Waals surface area contributed by atoms with Crippen molar-refractivity contribution in [1.29, 1.82) is 0 Å². The normalized spacial score (nSPS) is 15.1. The molecule has 0 heterocycles. The highest BCUT2D eigenvalue weighted by Crippen LogP contribution is 2.16. The molecule has 0 aliphatic rings. The van der Waals surface area contributed by atoms with Gasteiger partial charge in [-0.15, -0.1) is 0 Å². The van der Waals surface area contributed by atoms with Gasteiger partial charge in [0.05, 0.1) is 0 Å². The smallest absolute Gasteiger partial charge is 0.0406 e. The molecular formula is C12H18ClN. The Balaban J connectivity index is 2.60. The standard InChI is InChI=1S/C12H18ClN/c1-4-9(2)14-10(3)11-5-7-12(13)8-6-11/h5-10,14H,4H2,1-3H3. The molecule has 0 bridgehead atoms. The van der Waals surface area contributed by atoms with Crippen molar-refractivity contribution < 1.29 is 0 Å². The number of hydrogen-bond acceptors (Lipinski definition) is 1. The SMILES string of the molecule is CCC(C)NC(C)c1ccc(Cl)cc1. The lowest BCUT2D eigenvalue weighted by molar-refractivity contribution is 0.469. The Morgan fingerprint density at radius 2 is 1.79 bits per heavy atom. The van der Waals surface area contributed by atoms with Crippen LogP contribution in [0.15, 0.2) is 24.3 Å². The number of hydrogen-bond donors (Lipinski definition) is 1. The van der Waals surface area contributed by atoms with Gasteiger partial charge in [-0.25, -0.2) is 0 Å². The van der Waals surface area contributed by atoms with Crippen molar-refractivity contribution in [2.75, 3.05) is 0 Å². The van der Waals surface area contributed by atoms with Crippen LogP contribution in [-0.4, -0.2) is 6.04 Å². The highest BCUT2D eigenvalue weighted by molar-refractivity contribution is 6.30. The summed E-state index contributed by atoms with van der Waals surface area (Å²) in [6, 6.07) is 8.96. The molecule has 0 aliphatic heterocycles. The predicted molar refractivity (Wildman–Crippen MR) is 62.8 cm³/mol. The van der Waals surface area contributed by atoms with E-state index in [0.717, 1.165) is 11.4 Å². The largest absolute Gasteiger partial charge is 0.308 e. The van der Waals surface area contributed by atoms with Crippen molar-refractivity contribution >= 4 is 11.6 Å². The molecule has 0 amide bonds. The average Bonchev–Trinajstić information content (AvgIpc) is 2.18. The summed E-state index contributed by atoms with van der Waals surface area (Å²) < 4.78 is 0. The first-order chi connectivity index (χ1) is 6.63. The first-order valence-corrected chi connectivity index (χ1v) is 5.52. The molecule has 1 N–H and O–H groups in total. The van der Waals surface area contributed by atoms with Gasteiger partial charge in [-0.2, -0.15) is 0 Å². The summed E-state index contributed by atoms with van der Waals surface area (Å²) in [7, 11) is 0. The second kappa shape index (κ2) is 5.38. The zero-order valence-electron chi connectivity index (χ0n) is 9.05. The fraction of sp³-hybridized carbons (Fsp3) is 0.500. The molecule has 78 valence electrons. The molecule has 1 aromatic carbocycles. The van der Waals surface area contributed by atoms with Gasteiger partial charge >= 0.3 is 0 Å². The van der Waals surface area contributed by atoms with Gasteiger partial charge in [0.15, 0.2) is 0 Å². The van der Waals surface area contributed by atoms with E-state index in [0.29, 0.717) is 12.1 Å². The summed E-state index contributed by atoms with van der Waals surface area (Å²) in [5.74, 6) is 0. The third-order valence-electron chi connectivity index (χ3n) is 2.52. The maximum Gasteiger partial charge on any atom is 0.0406 e. The van der Waals surface area contributed by atoms with Crippen LogP contribution in [0.4, 0.5) is 0 Å². The number of nitrogens with one attached hydrogen (secondary N) is 1. The van der Waals surface area contributed by atoms with E-state index in [-0.39, 0.29) is 0 Å². The maximum atomic E-state index is 5.83. The molecule has 0 aromatic heterocycles. The Morgan fingerprint density at radius 3 is 2.29 bits per heavy atom. The maximum absolute atomic E-state index is 5.83. The van der Waals surface area contributed by atoms with E-state index < -0.39 is 0 Å². The number of rotatable bonds is 4. The van der Waals surface area contributed by atoms with Gasteiger partial charge in [0.1, 0.15) is 0 Å². The molecule has 0 radical (unpaired) electrons. The van der Waals surface area contributed by atoms with E-state index in [4.69, 9.17) is 11.6 Å². The summed E-state index contributed by atoms with van der Waals surface area (Å²) in [4.78, 5) is 0. The molecule has 0 spiro atoms. The predicted octanol–water partition coefficient (Wildman–Crippen LogP) is 3.79. The lowest BCUT2D eigenvalue weighted by Crippen LogP contribution is -2.28. The van der Waals surface area contributed by atoms with Gasteiger partial charge in [-0.1, -0.05) is 30.7 Å². The molecule has 1 nitrogen and oxygen atoms in total. The fourth-order valence-electron chi connectivity index (χ4n) is 1.39. The molecule has 14 heavy (non-hydrogen) atoms. The average molecular weight is 212 g/mol. The van der Waals surface area contributed by atoms with Crippen molar-refractivity contribution in [1.82, 2.24) is 5.32 Å². The zero-order valence-corrected chi connectivity index (χ0v) is 9.81. The van der Waals surface area contributed by atoms with Crippen LogP contribution in [0.5, 0.6) is 0 Å². The topological polar surface area (TPSA) is 12.0 Å². The third-order valence-corrected chi connectivity index (χ3v) is 2.77. The van der Waals surface area contributed by atoms with E-state index in [2.05, 4.69) is 38.2 Å². The Bertz CT molecular complexity index is 268. The molecule has 2 heteroatoms. The summed E-state index contributed by atoms with van der Waals surface area (Å²) in [6.45, 7) is 6.56. The van der Waals surface area contributed by atoms with E-state index in [9.17, 15) is 0 Å². The van der Waals surface area contributed by atoms with Gasteiger partial charge < -0.3 is 5.32 Å². The van der Waals surface area contributed by atoms with E-state index in [1.165, 1.54) is 5.56 Å². The molecule has 1 rings (SSSR count). The molecule has 0 fully saturated rings. The van der Waals surface area contributed by atoms with Gasteiger partial charge in [0.25, 0.3) is 0 Å². The highest BCUT2D eigenvalue weighted by atomic mass is 35.5. The summed E-state index contributed by atoms with van der Waals surface area (Å²) >= 11 is 5.83. The van der Waals surface area contributed by atoms with Crippen LogP contribution in [0.2, 0.25) is 5.02 Å². The third kappa shape index (κ3) is 3.32. The van der Waals surface area contributed by atoms with Crippen molar-refractivity contribution in [3.63, 3.8) is 0 Å². The Hall–Kier alpha value is -0.530. The van der Waals surface area contributed by atoms with Crippen LogP contribution in [-0.2, 0) is 0 Å². The first-order valence-electron chi connectivity index (χ1n) is 5.15. The molecule has 0 saturated heterocycles. The van der Waals surface area contributed by atoms with Gasteiger partial charge in [0, 0.05) is 17.1 Å². The summed E-state index contributed by atoms with van der Waals surface area (Å²) in [6.07, 6.45) is 1.15.